The lowest BCUT2D eigenvalue weighted by molar-refractivity contribution is -0.166. The predicted octanol–water partition coefficient (Wildman–Crippen LogP) is 1.86. The summed E-state index contributed by atoms with van der Waals surface area (Å²) >= 11 is 0. The highest BCUT2D eigenvalue weighted by Gasteiger charge is 2.49. The molecule has 0 aromatic heterocycles. The zero-order valence-corrected chi connectivity index (χ0v) is 11.0. The van der Waals surface area contributed by atoms with Gasteiger partial charge < -0.3 is 10.0 Å². The quantitative estimate of drug-likeness (QED) is 0.722. The van der Waals surface area contributed by atoms with Crippen LogP contribution in [0.2, 0.25) is 0 Å². The Balaban J connectivity index is 2.71. The van der Waals surface area contributed by atoms with Crippen LogP contribution in [0.25, 0.3) is 0 Å². The molecular formula is C13H23NO3. The van der Waals surface area contributed by atoms with Crippen LogP contribution in [0.1, 0.15) is 59.3 Å². The van der Waals surface area contributed by atoms with Crippen LogP contribution in [0.15, 0.2) is 0 Å². The molecular weight excluding hydrogens is 218 g/mol. The van der Waals surface area contributed by atoms with Crippen molar-refractivity contribution in [1.82, 2.24) is 4.90 Å². The van der Waals surface area contributed by atoms with Crippen LogP contribution in [0.4, 0.5) is 0 Å². The van der Waals surface area contributed by atoms with Crippen LogP contribution in [0.3, 0.4) is 0 Å². The van der Waals surface area contributed by atoms with Gasteiger partial charge in [-0.3, -0.25) is 9.59 Å². The first-order chi connectivity index (χ1) is 7.93. The summed E-state index contributed by atoms with van der Waals surface area (Å²) in [5.74, 6) is -0.322. The molecule has 1 N–H and O–H groups in total. The summed E-state index contributed by atoms with van der Waals surface area (Å²) < 4.78 is 0. The minimum Gasteiger partial charge on any atom is -0.364 e. The second-order valence-corrected chi connectivity index (χ2v) is 5.05. The highest BCUT2D eigenvalue weighted by atomic mass is 16.3. The number of amides is 1. The van der Waals surface area contributed by atoms with Crippen molar-refractivity contribution in [2.24, 2.45) is 0 Å². The topological polar surface area (TPSA) is 57.6 Å². The minimum atomic E-state index is -1.54. The minimum absolute atomic E-state index is 0.119. The Morgan fingerprint density at radius 3 is 2.65 bits per heavy atom. The van der Waals surface area contributed by atoms with Gasteiger partial charge in [0.2, 0.25) is 11.6 Å². The van der Waals surface area contributed by atoms with E-state index in [1.165, 1.54) is 4.90 Å². The molecule has 0 bridgehead atoms. The number of ketones is 1. The van der Waals surface area contributed by atoms with Crippen LogP contribution in [0.5, 0.6) is 0 Å². The molecule has 4 heteroatoms. The highest BCUT2D eigenvalue weighted by molar-refractivity contribution is 5.94. The summed E-state index contributed by atoms with van der Waals surface area (Å²) in [5, 5.41) is 10.4. The predicted molar refractivity (Wildman–Crippen MR) is 65.3 cm³/mol. The summed E-state index contributed by atoms with van der Waals surface area (Å²) in [4.78, 5) is 25.1. The van der Waals surface area contributed by atoms with Crippen molar-refractivity contribution in [3.8, 4) is 0 Å². The monoisotopic (exact) mass is 241 g/mol. The van der Waals surface area contributed by atoms with Crippen molar-refractivity contribution in [2.45, 2.75) is 71.1 Å². The first-order valence-corrected chi connectivity index (χ1v) is 6.51. The van der Waals surface area contributed by atoms with Gasteiger partial charge in [-0.25, -0.2) is 0 Å². The fourth-order valence-corrected chi connectivity index (χ4v) is 2.45. The van der Waals surface area contributed by atoms with E-state index in [2.05, 4.69) is 6.92 Å². The summed E-state index contributed by atoms with van der Waals surface area (Å²) in [6, 6.07) is -0.134. The molecule has 0 aliphatic carbocycles. The zero-order valence-electron chi connectivity index (χ0n) is 11.0. The summed E-state index contributed by atoms with van der Waals surface area (Å²) in [6.45, 7) is 5.72. The number of hydrogen-bond acceptors (Lipinski definition) is 3. The van der Waals surface area contributed by atoms with Crippen molar-refractivity contribution in [2.75, 3.05) is 0 Å². The Hall–Kier alpha value is -0.900. The number of carbonyl (C=O) groups excluding carboxylic acids is 2. The number of hydrogen-bond donors (Lipinski definition) is 1. The molecule has 0 radical (unpaired) electrons. The smallest absolute Gasteiger partial charge is 0.225 e. The lowest BCUT2D eigenvalue weighted by Gasteiger charge is -2.35. The van der Waals surface area contributed by atoms with Crippen LogP contribution in [0, 0.1) is 0 Å². The number of rotatable bonds is 6. The van der Waals surface area contributed by atoms with Crippen molar-refractivity contribution in [1.29, 1.82) is 0 Å². The summed E-state index contributed by atoms with van der Waals surface area (Å²) in [6.07, 6.45) is 3.69. The molecule has 0 aromatic carbocycles. The molecule has 17 heavy (non-hydrogen) atoms. The van der Waals surface area contributed by atoms with Crippen LogP contribution < -0.4 is 0 Å². The molecule has 4 nitrogen and oxygen atoms in total. The van der Waals surface area contributed by atoms with E-state index in [9.17, 15) is 14.7 Å². The van der Waals surface area contributed by atoms with Gasteiger partial charge in [-0.2, -0.15) is 0 Å². The van der Waals surface area contributed by atoms with E-state index in [-0.39, 0.29) is 30.6 Å². The third-order valence-corrected chi connectivity index (χ3v) is 3.33. The summed E-state index contributed by atoms with van der Waals surface area (Å²) in [7, 11) is 0. The van der Waals surface area contributed by atoms with E-state index in [1.807, 2.05) is 13.8 Å². The van der Waals surface area contributed by atoms with Gasteiger partial charge in [0.1, 0.15) is 0 Å². The lowest BCUT2D eigenvalue weighted by atomic mass is 9.99. The summed E-state index contributed by atoms with van der Waals surface area (Å²) in [5.41, 5.74) is -1.54. The van der Waals surface area contributed by atoms with Gasteiger partial charge in [0, 0.05) is 25.3 Å². The molecule has 1 atom stereocenters. The standard InChI is InChI=1S/C13H23NO3/c1-4-5-6-7-11(15)13(17)9-8-12(16)14(13)10(2)3/h10,17H,4-9H2,1-3H3. The van der Waals surface area contributed by atoms with Crippen molar-refractivity contribution >= 4 is 11.7 Å². The van der Waals surface area contributed by atoms with Gasteiger partial charge in [-0.15, -0.1) is 0 Å². The number of nitrogens with zero attached hydrogens (tertiary/aromatic N) is 1. The molecule has 1 aliphatic rings. The van der Waals surface area contributed by atoms with Crippen LogP contribution >= 0.6 is 0 Å². The van der Waals surface area contributed by atoms with Gasteiger partial charge in [0.05, 0.1) is 0 Å². The normalized spacial score (nSPS) is 24.8. The largest absolute Gasteiger partial charge is 0.364 e. The van der Waals surface area contributed by atoms with Crippen LogP contribution in [-0.2, 0) is 9.59 Å². The maximum absolute atomic E-state index is 12.1. The van der Waals surface area contributed by atoms with E-state index >= 15 is 0 Å². The van der Waals surface area contributed by atoms with E-state index < -0.39 is 5.72 Å². The highest BCUT2D eigenvalue weighted by Crippen LogP contribution is 2.32. The molecule has 1 saturated heterocycles. The molecule has 1 rings (SSSR count). The number of Topliss-reactive ketones (excluding diaryl/α,β-unsaturated/α-hetero) is 1. The number of unbranched alkanes of at least 4 members (excludes halogenated alkanes) is 2. The Morgan fingerprint density at radius 2 is 2.12 bits per heavy atom. The van der Waals surface area contributed by atoms with Crippen molar-refractivity contribution in [3.63, 3.8) is 0 Å². The number of aliphatic hydroxyl groups is 1. The zero-order chi connectivity index (χ0) is 13.1. The molecule has 1 aliphatic heterocycles. The first kappa shape index (κ1) is 14.2. The molecule has 1 heterocycles. The van der Waals surface area contributed by atoms with Gasteiger partial charge in [0.25, 0.3) is 0 Å². The molecule has 0 spiro atoms. The van der Waals surface area contributed by atoms with Gasteiger partial charge in [0.15, 0.2) is 5.78 Å². The Labute approximate surface area is 103 Å². The third kappa shape index (κ3) is 2.86. The Morgan fingerprint density at radius 1 is 1.47 bits per heavy atom. The fourth-order valence-electron chi connectivity index (χ4n) is 2.45. The maximum Gasteiger partial charge on any atom is 0.225 e. The van der Waals surface area contributed by atoms with Crippen LogP contribution in [-0.4, -0.2) is 33.5 Å². The van der Waals surface area contributed by atoms with Crippen molar-refractivity contribution in [3.05, 3.63) is 0 Å². The molecule has 98 valence electrons. The first-order valence-electron chi connectivity index (χ1n) is 6.51. The lowest BCUT2D eigenvalue weighted by Crippen LogP contribution is -2.54. The number of carbonyl (C=O) groups is 2. The SMILES string of the molecule is CCCCCC(=O)C1(O)CCC(=O)N1C(C)C. The molecule has 1 unspecified atom stereocenters. The second-order valence-electron chi connectivity index (χ2n) is 5.05. The number of likely N-dealkylation sites (tertiary alicyclic amines) is 1. The maximum atomic E-state index is 12.1. The van der Waals surface area contributed by atoms with E-state index in [0.717, 1.165) is 19.3 Å². The van der Waals surface area contributed by atoms with Gasteiger partial charge >= 0.3 is 0 Å². The van der Waals surface area contributed by atoms with Gasteiger partial charge in [-0.1, -0.05) is 19.8 Å². The third-order valence-electron chi connectivity index (χ3n) is 3.33. The second kappa shape index (κ2) is 5.63. The van der Waals surface area contributed by atoms with Gasteiger partial charge in [-0.05, 0) is 20.3 Å². The average Bonchev–Trinajstić information content (AvgIpc) is 2.56. The molecule has 1 amide bonds. The Bertz CT molecular complexity index is 301. The molecule has 1 fully saturated rings. The Kier molecular flexibility index (Phi) is 4.69. The average molecular weight is 241 g/mol. The fraction of sp³-hybridized carbons (Fsp3) is 0.846. The van der Waals surface area contributed by atoms with Crippen molar-refractivity contribution < 1.29 is 14.7 Å². The molecule has 0 saturated carbocycles. The molecule has 0 aromatic rings. The van der Waals surface area contributed by atoms with E-state index in [4.69, 9.17) is 0 Å². The van der Waals surface area contributed by atoms with E-state index in [0.29, 0.717) is 6.42 Å². The van der Waals surface area contributed by atoms with E-state index in [1.54, 1.807) is 0 Å².